The third kappa shape index (κ3) is 4.76. The molecule has 1 saturated heterocycles. The van der Waals surface area contributed by atoms with Crippen LogP contribution in [0.3, 0.4) is 0 Å². The van der Waals surface area contributed by atoms with E-state index >= 15 is 0 Å². The first-order valence-electron chi connectivity index (χ1n) is 8.01. The number of benzene rings is 1. The van der Waals surface area contributed by atoms with Crippen LogP contribution in [0.2, 0.25) is 0 Å². The van der Waals surface area contributed by atoms with Crippen LogP contribution >= 0.6 is 0 Å². The second-order valence-electron chi connectivity index (χ2n) is 5.76. The van der Waals surface area contributed by atoms with Crippen molar-refractivity contribution in [3.8, 4) is 0 Å². The van der Waals surface area contributed by atoms with Crippen LogP contribution in [0.5, 0.6) is 0 Å². The summed E-state index contributed by atoms with van der Waals surface area (Å²) in [7, 11) is 0. The van der Waals surface area contributed by atoms with Crippen molar-refractivity contribution < 1.29 is 4.79 Å². The highest BCUT2D eigenvalue weighted by Gasteiger charge is 2.11. The average molecular weight is 307 g/mol. The predicted octanol–water partition coefficient (Wildman–Crippen LogP) is 3.33. The normalized spacial score (nSPS) is 15.1. The number of anilines is 1. The van der Waals surface area contributed by atoms with Gasteiger partial charge in [-0.3, -0.25) is 14.7 Å². The Morgan fingerprint density at radius 2 is 2.04 bits per heavy atom. The van der Waals surface area contributed by atoms with Crippen LogP contribution in [0, 0.1) is 0 Å². The topological polar surface area (TPSA) is 45.2 Å². The average Bonchev–Trinajstić information content (AvgIpc) is 3.07. The number of carbonyl (C=O) groups is 1. The molecule has 4 heteroatoms. The first kappa shape index (κ1) is 15.4. The summed E-state index contributed by atoms with van der Waals surface area (Å²) in [6.45, 7) is 3.29. The van der Waals surface area contributed by atoms with Gasteiger partial charge in [0.05, 0.1) is 5.69 Å². The third-order valence-corrected chi connectivity index (χ3v) is 3.89. The molecule has 1 N–H and O–H groups in total. The minimum atomic E-state index is -0.144. The van der Waals surface area contributed by atoms with Gasteiger partial charge in [0, 0.05) is 24.5 Å². The maximum absolute atomic E-state index is 12.0. The molecule has 1 amide bonds. The monoisotopic (exact) mass is 307 g/mol. The highest BCUT2D eigenvalue weighted by molar-refractivity contribution is 6.01. The first-order chi connectivity index (χ1) is 11.3. The lowest BCUT2D eigenvalue weighted by molar-refractivity contribution is -0.111. The lowest BCUT2D eigenvalue weighted by Gasteiger charge is -2.15. The second-order valence-corrected chi connectivity index (χ2v) is 5.76. The number of hydrogen-bond donors (Lipinski definition) is 1. The molecule has 0 spiro atoms. The van der Waals surface area contributed by atoms with Gasteiger partial charge >= 0.3 is 0 Å². The summed E-state index contributed by atoms with van der Waals surface area (Å²) in [6, 6.07) is 13.7. The van der Waals surface area contributed by atoms with E-state index in [4.69, 9.17) is 0 Å². The van der Waals surface area contributed by atoms with E-state index in [0.717, 1.165) is 17.9 Å². The molecule has 1 aromatic carbocycles. The summed E-state index contributed by atoms with van der Waals surface area (Å²) in [6.07, 6.45) is 7.50. The zero-order chi connectivity index (χ0) is 15.9. The Kier molecular flexibility index (Phi) is 5.17. The molecule has 0 atom stereocenters. The molecule has 1 aliphatic heterocycles. The fraction of sp³-hybridized carbons (Fsp3) is 0.263. The summed E-state index contributed by atoms with van der Waals surface area (Å²) in [5, 5.41) is 2.91. The van der Waals surface area contributed by atoms with Crippen LogP contribution in [-0.4, -0.2) is 28.9 Å². The molecule has 1 aromatic heterocycles. The number of likely N-dealkylation sites (tertiary alicyclic amines) is 1. The van der Waals surface area contributed by atoms with Crippen LogP contribution in [0.1, 0.15) is 24.1 Å². The molecule has 0 unspecified atom stereocenters. The van der Waals surface area contributed by atoms with Gasteiger partial charge in [-0.2, -0.15) is 0 Å². The Balaban J connectivity index is 1.58. The number of hydrogen-bond acceptors (Lipinski definition) is 3. The van der Waals surface area contributed by atoms with E-state index in [0.29, 0.717) is 0 Å². The fourth-order valence-corrected chi connectivity index (χ4v) is 2.77. The van der Waals surface area contributed by atoms with Gasteiger partial charge in [-0.25, -0.2) is 0 Å². The lowest BCUT2D eigenvalue weighted by Crippen LogP contribution is -2.18. The number of carbonyl (C=O) groups excluding carboxylic acids is 1. The van der Waals surface area contributed by atoms with Gasteiger partial charge in [0.15, 0.2) is 0 Å². The predicted molar refractivity (Wildman–Crippen MR) is 92.9 cm³/mol. The van der Waals surface area contributed by atoms with Gasteiger partial charge in [-0.15, -0.1) is 0 Å². The quantitative estimate of drug-likeness (QED) is 0.862. The van der Waals surface area contributed by atoms with Crippen LogP contribution in [0.4, 0.5) is 5.69 Å². The molecule has 118 valence electrons. The van der Waals surface area contributed by atoms with E-state index in [1.54, 1.807) is 12.3 Å². The van der Waals surface area contributed by atoms with Gasteiger partial charge in [-0.1, -0.05) is 18.2 Å². The summed E-state index contributed by atoms with van der Waals surface area (Å²) in [5.74, 6) is -0.144. The molecule has 23 heavy (non-hydrogen) atoms. The molecule has 3 rings (SSSR count). The Hall–Kier alpha value is -2.46. The minimum Gasteiger partial charge on any atom is -0.323 e. The highest BCUT2D eigenvalue weighted by atomic mass is 16.1. The van der Waals surface area contributed by atoms with Crippen molar-refractivity contribution in [2.75, 3.05) is 18.4 Å². The number of aromatic nitrogens is 1. The van der Waals surface area contributed by atoms with Gasteiger partial charge < -0.3 is 5.32 Å². The lowest BCUT2D eigenvalue weighted by atomic mass is 10.2. The third-order valence-electron chi connectivity index (χ3n) is 3.89. The Morgan fingerprint density at radius 1 is 1.17 bits per heavy atom. The van der Waals surface area contributed by atoms with E-state index in [1.807, 2.05) is 36.4 Å². The summed E-state index contributed by atoms with van der Waals surface area (Å²) >= 11 is 0. The molecule has 0 aliphatic carbocycles. The van der Waals surface area contributed by atoms with Gasteiger partial charge in [0.1, 0.15) is 0 Å². The smallest absolute Gasteiger partial charge is 0.248 e. The van der Waals surface area contributed by atoms with Crippen LogP contribution in [-0.2, 0) is 11.3 Å². The van der Waals surface area contributed by atoms with Crippen LogP contribution in [0.15, 0.2) is 54.7 Å². The molecular formula is C19H21N3O. The van der Waals surface area contributed by atoms with Crippen LogP contribution in [0.25, 0.3) is 6.08 Å². The molecule has 0 saturated carbocycles. The Bertz CT molecular complexity index is 676. The van der Waals surface area contributed by atoms with E-state index in [2.05, 4.69) is 21.3 Å². The van der Waals surface area contributed by atoms with Gasteiger partial charge in [-0.05, 0) is 61.8 Å². The van der Waals surface area contributed by atoms with Crippen molar-refractivity contribution in [2.24, 2.45) is 0 Å². The van der Waals surface area contributed by atoms with Crippen molar-refractivity contribution in [3.05, 3.63) is 66.0 Å². The molecule has 4 nitrogen and oxygen atoms in total. The maximum atomic E-state index is 12.0. The molecule has 0 radical (unpaired) electrons. The van der Waals surface area contributed by atoms with E-state index in [1.165, 1.54) is 37.6 Å². The SMILES string of the molecule is O=C(/C=C/c1ccccn1)Nc1cccc(CN2CCCC2)c1. The summed E-state index contributed by atoms with van der Waals surface area (Å²) in [5.41, 5.74) is 2.83. The Morgan fingerprint density at radius 3 is 2.83 bits per heavy atom. The molecule has 1 aliphatic rings. The highest BCUT2D eigenvalue weighted by Crippen LogP contribution is 2.16. The number of nitrogens with one attached hydrogen (secondary N) is 1. The Labute approximate surface area is 136 Å². The van der Waals surface area contributed by atoms with Crippen molar-refractivity contribution in [2.45, 2.75) is 19.4 Å². The van der Waals surface area contributed by atoms with Gasteiger partial charge in [0.2, 0.25) is 5.91 Å². The number of pyridine rings is 1. The number of nitrogens with zero attached hydrogens (tertiary/aromatic N) is 2. The fourth-order valence-electron chi connectivity index (χ4n) is 2.77. The summed E-state index contributed by atoms with van der Waals surface area (Å²) in [4.78, 5) is 18.6. The van der Waals surface area contributed by atoms with Crippen molar-refractivity contribution in [1.82, 2.24) is 9.88 Å². The summed E-state index contributed by atoms with van der Waals surface area (Å²) < 4.78 is 0. The van der Waals surface area contributed by atoms with E-state index in [-0.39, 0.29) is 5.91 Å². The largest absolute Gasteiger partial charge is 0.323 e. The molecule has 1 fully saturated rings. The maximum Gasteiger partial charge on any atom is 0.248 e. The minimum absolute atomic E-state index is 0.144. The molecule has 0 bridgehead atoms. The van der Waals surface area contributed by atoms with Crippen molar-refractivity contribution in [1.29, 1.82) is 0 Å². The zero-order valence-electron chi connectivity index (χ0n) is 13.1. The van der Waals surface area contributed by atoms with Crippen LogP contribution < -0.4 is 5.32 Å². The number of rotatable bonds is 5. The van der Waals surface area contributed by atoms with E-state index in [9.17, 15) is 4.79 Å². The first-order valence-corrected chi connectivity index (χ1v) is 8.01. The second kappa shape index (κ2) is 7.70. The molecular weight excluding hydrogens is 286 g/mol. The standard InChI is InChI=1S/C19H21N3O/c23-19(10-9-17-7-1-2-11-20-17)21-18-8-5-6-16(14-18)15-22-12-3-4-13-22/h1-2,5-11,14H,3-4,12-13,15H2,(H,21,23)/b10-9+. The van der Waals surface area contributed by atoms with Gasteiger partial charge in [0.25, 0.3) is 0 Å². The van der Waals surface area contributed by atoms with E-state index < -0.39 is 0 Å². The molecule has 2 heterocycles. The number of amides is 1. The zero-order valence-corrected chi connectivity index (χ0v) is 13.1. The van der Waals surface area contributed by atoms with Crippen molar-refractivity contribution in [3.63, 3.8) is 0 Å². The molecule has 2 aromatic rings. The van der Waals surface area contributed by atoms with Crippen molar-refractivity contribution >= 4 is 17.7 Å².